The molecule has 0 radical (unpaired) electrons. The first-order chi connectivity index (χ1) is 20.1. The number of rotatable bonds is 8. The molecule has 0 amide bonds. The first-order valence-corrected chi connectivity index (χ1v) is 15.3. The molecule has 2 aromatic carbocycles. The third-order valence-electron chi connectivity index (χ3n) is 6.79. The molecule has 0 aliphatic carbocycles. The Kier molecular flexibility index (Phi) is 6.93. The van der Waals surface area contributed by atoms with Gasteiger partial charge < -0.3 is 10.3 Å². The fourth-order valence-corrected chi connectivity index (χ4v) is 5.57. The van der Waals surface area contributed by atoms with Crippen LogP contribution in [0.3, 0.4) is 0 Å². The van der Waals surface area contributed by atoms with Crippen molar-refractivity contribution >= 4 is 37.5 Å². The van der Waals surface area contributed by atoms with Crippen LogP contribution < -0.4 is 5.32 Å². The van der Waals surface area contributed by atoms with E-state index in [1.807, 2.05) is 19.9 Å². The van der Waals surface area contributed by atoms with Crippen LogP contribution in [0, 0.1) is 11.6 Å². The molecule has 12 heteroatoms. The van der Waals surface area contributed by atoms with Crippen LogP contribution in [0.25, 0.3) is 55.8 Å². The van der Waals surface area contributed by atoms with Crippen molar-refractivity contribution in [1.29, 1.82) is 0 Å². The highest BCUT2D eigenvalue weighted by molar-refractivity contribution is 7.90. The van der Waals surface area contributed by atoms with E-state index in [0.717, 1.165) is 11.9 Å². The first kappa shape index (κ1) is 27.5. The zero-order valence-corrected chi connectivity index (χ0v) is 23.9. The highest BCUT2D eigenvalue weighted by Crippen LogP contribution is 2.35. The van der Waals surface area contributed by atoms with Crippen LogP contribution in [-0.2, 0) is 16.3 Å². The third-order valence-corrected chi connectivity index (χ3v) is 7.73. The lowest BCUT2D eigenvalue weighted by molar-refractivity contribution is 0.600. The van der Waals surface area contributed by atoms with Crippen molar-refractivity contribution in [2.24, 2.45) is 0 Å². The van der Waals surface area contributed by atoms with Crippen molar-refractivity contribution in [2.45, 2.75) is 26.3 Å². The van der Waals surface area contributed by atoms with Crippen molar-refractivity contribution in [1.82, 2.24) is 30.1 Å². The van der Waals surface area contributed by atoms with Gasteiger partial charge in [0.05, 0.1) is 33.6 Å². The van der Waals surface area contributed by atoms with Crippen LogP contribution in [0.2, 0.25) is 0 Å². The molecule has 0 unspecified atom stereocenters. The topological polar surface area (TPSA) is 129 Å². The summed E-state index contributed by atoms with van der Waals surface area (Å²) in [4.78, 5) is 16.6. The normalized spacial score (nSPS) is 12.0. The van der Waals surface area contributed by atoms with E-state index >= 15 is 4.39 Å². The summed E-state index contributed by atoms with van der Waals surface area (Å²) in [6, 6.07) is 11.5. The molecule has 0 aliphatic rings. The lowest BCUT2D eigenvalue weighted by Crippen LogP contribution is -2.09. The van der Waals surface area contributed by atoms with Crippen molar-refractivity contribution in [3.05, 3.63) is 78.3 Å². The molecule has 0 atom stereocenters. The molecule has 0 spiro atoms. The van der Waals surface area contributed by atoms with Crippen LogP contribution in [0.5, 0.6) is 0 Å². The number of nitrogens with zero attached hydrogens (tertiary/aromatic N) is 4. The Hall–Kier alpha value is -4.71. The highest BCUT2D eigenvalue weighted by atomic mass is 32.2. The third kappa shape index (κ3) is 5.45. The van der Waals surface area contributed by atoms with Crippen LogP contribution in [-0.4, -0.2) is 56.6 Å². The zero-order valence-electron chi connectivity index (χ0n) is 23.0. The number of sulfone groups is 1. The second-order valence-electron chi connectivity index (χ2n) is 10.6. The first-order valence-electron chi connectivity index (χ1n) is 13.3. The number of aromatic nitrogens is 6. The number of benzene rings is 2. The summed E-state index contributed by atoms with van der Waals surface area (Å²) in [6.45, 7) is 4.02. The van der Waals surface area contributed by atoms with E-state index in [1.54, 1.807) is 42.9 Å². The van der Waals surface area contributed by atoms with Crippen molar-refractivity contribution in [2.75, 3.05) is 17.3 Å². The van der Waals surface area contributed by atoms with Gasteiger partial charge in [-0.15, -0.1) is 0 Å². The van der Waals surface area contributed by atoms with E-state index in [9.17, 15) is 12.8 Å². The molecule has 0 saturated carbocycles. The van der Waals surface area contributed by atoms with Crippen molar-refractivity contribution < 1.29 is 17.2 Å². The molecule has 0 aliphatic heterocycles. The summed E-state index contributed by atoms with van der Waals surface area (Å²) < 4.78 is 54.0. The van der Waals surface area contributed by atoms with Gasteiger partial charge in [-0.3, -0.25) is 15.1 Å². The van der Waals surface area contributed by atoms with Gasteiger partial charge in [0.15, 0.2) is 5.82 Å². The van der Waals surface area contributed by atoms with E-state index in [2.05, 4.69) is 30.5 Å². The largest absolute Gasteiger partial charge is 0.382 e. The molecule has 0 fully saturated rings. The van der Waals surface area contributed by atoms with Gasteiger partial charge >= 0.3 is 0 Å². The number of fused-ring (bicyclic) bond motifs is 2. The molecule has 6 aromatic rings. The van der Waals surface area contributed by atoms with E-state index in [0.29, 0.717) is 50.3 Å². The second kappa shape index (κ2) is 10.6. The molecule has 0 saturated heterocycles. The van der Waals surface area contributed by atoms with Gasteiger partial charge in [-0.1, -0.05) is 0 Å². The molecule has 4 aromatic heterocycles. The average molecular weight is 588 g/mol. The van der Waals surface area contributed by atoms with Crippen molar-refractivity contribution in [3.63, 3.8) is 0 Å². The molecule has 42 heavy (non-hydrogen) atoms. The Balaban J connectivity index is 1.43. The molecule has 9 nitrogen and oxygen atoms in total. The standard InChI is InChI=1S/C30H27F2N7O2S/c1-16(2)35-21-13-19(14-33-15-21)22-4-5-23-25(26(22)32)29(39-38-23)30-36-24-6-8-34-27(28(24)37-30)18-10-17(11-20(31)12-18)7-9-42(3,40)41/h4-6,8,10-16,35H,7,9H2,1-3H3,(H,36,37)(H,38,39). The summed E-state index contributed by atoms with van der Waals surface area (Å²) in [7, 11) is -3.22. The maximum absolute atomic E-state index is 16.1. The van der Waals surface area contributed by atoms with Gasteiger partial charge in [0.2, 0.25) is 0 Å². The molecule has 3 N–H and O–H groups in total. The Morgan fingerprint density at radius 1 is 0.976 bits per heavy atom. The molecule has 4 heterocycles. The van der Waals surface area contributed by atoms with Gasteiger partial charge in [0.25, 0.3) is 0 Å². The average Bonchev–Trinajstić information content (AvgIpc) is 3.56. The minimum absolute atomic E-state index is 0.103. The Labute approximate surface area is 240 Å². The number of hydrogen-bond donors (Lipinski definition) is 3. The van der Waals surface area contributed by atoms with Gasteiger partial charge in [-0.2, -0.15) is 5.10 Å². The van der Waals surface area contributed by atoms with Crippen LogP contribution in [0.1, 0.15) is 19.4 Å². The monoisotopic (exact) mass is 587 g/mol. The number of aryl methyl sites for hydroxylation is 1. The number of H-pyrrole nitrogens is 2. The van der Waals surface area contributed by atoms with Gasteiger partial charge in [-0.25, -0.2) is 22.2 Å². The van der Waals surface area contributed by atoms with Crippen molar-refractivity contribution in [3.8, 4) is 33.9 Å². The fourth-order valence-electron chi connectivity index (χ4n) is 4.96. The molecule has 0 bridgehead atoms. The predicted octanol–water partition coefficient (Wildman–Crippen LogP) is 5.92. The lowest BCUT2D eigenvalue weighted by Gasteiger charge is -2.11. The fraction of sp³-hybridized carbons (Fsp3) is 0.200. The Bertz CT molecular complexity index is 2070. The second-order valence-corrected chi connectivity index (χ2v) is 12.8. The van der Waals surface area contributed by atoms with Gasteiger partial charge in [0.1, 0.15) is 32.7 Å². The van der Waals surface area contributed by atoms with Gasteiger partial charge in [-0.05, 0) is 68.3 Å². The molecular weight excluding hydrogens is 560 g/mol. The summed E-state index contributed by atoms with van der Waals surface area (Å²) in [6.07, 6.45) is 6.17. The van der Waals surface area contributed by atoms with Crippen LogP contribution in [0.15, 0.2) is 61.1 Å². The lowest BCUT2D eigenvalue weighted by atomic mass is 10.0. The van der Waals surface area contributed by atoms with E-state index in [1.165, 1.54) is 12.1 Å². The summed E-state index contributed by atoms with van der Waals surface area (Å²) >= 11 is 0. The molecule has 214 valence electrons. The number of nitrogens with one attached hydrogen (secondary N) is 3. The SMILES string of the molecule is CC(C)Nc1cncc(-c2ccc3[nH]nc(-c4nc5c(-c6cc(F)cc(CCS(C)(=O)=O)c6)nccc5[nH]4)c3c2F)c1. The minimum atomic E-state index is -3.22. The van der Waals surface area contributed by atoms with Gasteiger partial charge in [0, 0.05) is 47.6 Å². The van der Waals surface area contributed by atoms with E-state index < -0.39 is 21.5 Å². The van der Waals surface area contributed by atoms with Crippen LogP contribution >= 0.6 is 0 Å². The predicted molar refractivity (Wildman–Crippen MR) is 160 cm³/mol. The van der Waals surface area contributed by atoms with E-state index in [4.69, 9.17) is 4.98 Å². The summed E-state index contributed by atoms with van der Waals surface area (Å²) in [5, 5.41) is 10.8. The van der Waals surface area contributed by atoms with Crippen LogP contribution in [0.4, 0.5) is 14.5 Å². The zero-order chi connectivity index (χ0) is 29.6. The number of aromatic amines is 2. The smallest absolute Gasteiger partial charge is 0.159 e. The highest BCUT2D eigenvalue weighted by Gasteiger charge is 2.21. The Morgan fingerprint density at radius 2 is 1.81 bits per heavy atom. The number of halogens is 2. The summed E-state index contributed by atoms with van der Waals surface area (Å²) in [5.74, 6) is -0.780. The number of pyridine rings is 2. The number of anilines is 1. The number of imidazole rings is 1. The number of hydrogen-bond acceptors (Lipinski definition) is 7. The maximum atomic E-state index is 16.1. The molecule has 6 rings (SSSR count). The maximum Gasteiger partial charge on any atom is 0.159 e. The quantitative estimate of drug-likeness (QED) is 0.202. The van der Waals surface area contributed by atoms with E-state index in [-0.39, 0.29) is 29.3 Å². The summed E-state index contributed by atoms with van der Waals surface area (Å²) in [5.41, 5.74) is 4.95. The minimum Gasteiger partial charge on any atom is -0.382 e. The Morgan fingerprint density at radius 3 is 2.60 bits per heavy atom. The molecular formula is C30H27F2N7O2S.